The number of benzene rings is 2. The fourth-order valence-electron chi connectivity index (χ4n) is 3.24. The molecule has 0 atom stereocenters. The molecule has 2 aromatic carbocycles. The van der Waals surface area contributed by atoms with Gasteiger partial charge < -0.3 is 0 Å². The zero-order chi connectivity index (χ0) is 20.8. The lowest BCUT2D eigenvalue weighted by Gasteiger charge is -2.34. The summed E-state index contributed by atoms with van der Waals surface area (Å²) < 4.78 is 0. The predicted octanol–water partition coefficient (Wildman–Crippen LogP) is 4.49. The van der Waals surface area contributed by atoms with Gasteiger partial charge in [0.1, 0.15) is 0 Å². The number of nitro groups is 1. The zero-order valence-electron chi connectivity index (χ0n) is 15.8. The molecule has 1 fully saturated rings. The van der Waals surface area contributed by atoms with E-state index in [1.807, 2.05) is 11.2 Å². The smallest absolute Gasteiger partial charge is 0.268 e. The SMILES string of the molecule is O=C(c1cccc([N+](=O)[O-])c1)N(CCc1ccc(Cl)cc1Cl)N1CCCCCN1. The Labute approximate surface area is 179 Å². The number of non-ortho nitro benzene ring substituents is 1. The van der Waals surface area contributed by atoms with Gasteiger partial charge in [0.25, 0.3) is 11.6 Å². The molecule has 1 aliphatic rings. The van der Waals surface area contributed by atoms with Crippen molar-refractivity contribution in [2.75, 3.05) is 19.6 Å². The largest absolute Gasteiger partial charge is 0.270 e. The van der Waals surface area contributed by atoms with Gasteiger partial charge in [-0.05, 0) is 43.0 Å². The third-order valence-corrected chi connectivity index (χ3v) is 5.37. The van der Waals surface area contributed by atoms with Crippen LogP contribution in [0.15, 0.2) is 42.5 Å². The maximum Gasteiger partial charge on any atom is 0.270 e. The van der Waals surface area contributed by atoms with E-state index in [0.717, 1.165) is 31.4 Å². The summed E-state index contributed by atoms with van der Waals surface area (Å²) in [6.45, 7) is 1.81. The maximum atomic E-state index is 13.3. The van der Waals surface area contributed by atoms with E-state index in [-0.39, 0.29) is 17.2 Å². The van der Waals surface area contributed by atoms with E-state index in [1.54, 1.807) is 23.2 Å². The van der Waals surface area contributed by atoms with Crippen LogP contribution in [0.25, 0.3) is 0 Å². The van der Waals surface area contributed by atoms with Crippen molar-refractivity contribution in [3.63, 3.8) is 0 Å². The summed E-state index contributed by atoms with van der Waals surface area (Å²) in [5, 5.41) is 15.6. The third-order valence-electron chi connectivity index (χ3n) is 4.78. The van der Waals surface area contributed by atoms with Gasteiger partial charge in [-0.2, -0.15) is 5.12 Å². The standard InChI is InChI=1S/C20H22Cl2N4O3/c21-17-8-7-15(19(22)14-17)9-12-24(25-11-3-1-2-10-23-25)20(27)16-5-4-6-18(13-16)26(28)29/h4-8,13-14,23H,1-3,9-12H2. The minimum atomic E-state index is -0.501. The molecule has 1 aliphatic heterocycles. The second-order valence-corrected chi connectivity index (χ2v) is 7.66. The van der Waals surface area contributed by atoms with Crippen LogP contribution in [0.2, 0.25) is 10.0 Å². The Morgan fingerprint density at radius 1 is 1.17 bits per heavy atom. The Bertz CT molecular complexity index is 886. The van der Waals surface area contributed by atoms with Crippen molar-refractivity contribution >= 4 is 34.8 Å². The summed E-state index contributed by atoms with van der Waals surface area (Å²) in [4.78, 5) is 23.9. The first kappa shape index (κ1) is 21.5. The van der Waals surface area contributed by atoms with Gasteiger partial charge in [-0.15, -0.1) is 0 Å². The fourth-order valence-corrected chi connectivity index (χ4v) is 3.74. The van der Waals surface area contributed by atoms with Gasteiger partial charge in [0.2, 0.25) is 0 Å². The van der Waals surface area contributed by atoms with Crippen LogP contribution in [-0.4, -0.2) is 40.6 Å². The summed E-state index contributed by atoms with van der Waals surface area (Å²) in [5.74, 6) is -0.298. The molecule has 1 amide bonds. The molecule has 1 N–H and O–H groups in total. The van der Waals surface area contributed by atoms with Crippen molar-refractivity contribution in [2.24, 2.45) is 0 Å². The van der Waals surface area contributed by atoms with Crippen LogP contribution in [-0.2, 0) is 6.42 Å². The summed E-state index contributed by atoms with van der Waals surface area (Å²) in [6, 6.07) is 11.1. The molecule has 0 aromatic heterocycles. The Hall–Kier alpha value is -2.19. The average molecular weight is 437 g/mol. The lowest BCUT2D eigenvalue weighted by molar-refractivity contribution is -0.384. The van der Waals surface area contributed by atoms with Gasteiger partial charge in [0, 0.05) is 47.4 Å². The quantitative estimate of drug-likeness (QED) is 0.532. The first-order valence-corrected chi connectivity index (χ1v) is 10.2. The fraction of sp³-hybridized carbons (Fsp3) is 0.350. The van der Waals surface area contributed by atoms with Crippen molar-refractivity contribution in [3.8, 4) is 0 Å². The van der Waals surface area contributed by atoms with E-state index in [4.69, 9.17) is 23.2 Å². The number of amides is 1. The minimum absolute atomic E-state index is 0.111. The van der Waals surface area contributed by atoms with Crippen LogP contribution in [0.3, 0.4) is 0 Å². The highest BCUT2D eigenvalue weighted by Gasteiger charge is 2.25. The second kappa shape index (κ2) is 10.0. The van der Waals surface area contributed by atoms with Gasteiger partial charge >= 0.3 is 0 Å². The number of hydrazine groups is 2. The van der Waals surface area contributed by atoms with Gasteiger partial charge in [-0.25, -0.2) is 5.43 Å². The van der Waals surface area contributed by atoms with Crippen LogP contribution in [0.4, 0.5) is 5.69 Å². The molecule has 1 saturated heterocycles. The molecular formula is C20H22Cl2N4O3. The first-order valence-electron chi connectivity index (χ1n) is 9.47. The molecule has 0 bridgehead atoms. The molecule has 0 saturated carbocycles. The molecule has 1 heterocycles. The topological polar surface area (TPSA) is 78.7 Å². The highest BCUT2D eigenvalue weighted by atomic mass is 35.5. The summed E-state index contributed by atoms with van der Waals surface area (Å²) in [5.41, 5.74) is 4.32. The van der Waals surface area contributed by atoms with Crippen LogP contribution >= 0.6 is 23.2 Å². The lowest BCUT2D eigenvalue weighted by atomic mass is 10.1. The third kappa shape index (κ3) is 5.67. The second-order valence-electron chi connectivity index (χ2n) is 6.81. The van der Waals surface area contributed by atoms with Crippen LogP contribution in [0.1, 0.15) is 35.2 Å². The number of nitrogens with zero attached hydrogens (tertiary/aromatic N) is 3. The molecule has 154 valence electrons. The van der Waals surface area contributed by atoms with Crippen LogP contribution in [0, 0.1) is 10.1 Å². The van der Waals surface area contributed by atoms with Gasteiger partial charge in [-0.1, -0.05) is 41.8 Å². The maximum absolute atomic E-state index is 13.3. The van der Waals surface area contributed by atoms with E-state index in [0.29, 0.717) is 29.6 Å². The van der Waals surface area contributed by atoms with E-state index >= 15 is 0 Å². The van der Waals surface area contributed by atoms with E-state index in [9.17, 15) is 14.9 Å². The number of nitrogens with one attached hydrogen (secondary N) is 1. The number of carbonyl (C=O) groups is 1. The van der Waals surface area contributed by atoms with Crippen LogP contribution in [0.5, 0.6) is 0 Å². The average Bonchev–Trinajstić information content (AvgIpc) is 2.99. The van der Waals surface area contributed by atoms with Gasteiger partial charge in [-0.3, -0.25) is 19.9 Å². The molecule has 0 aliphatic carbocycles. The number of hydrogen-bond donors (Lipinski definition) is 1. The minimum Gasteiger partial charge on any atom is -0.268 e. The number of rotatable bonds is 6. The van der Waals surface area contributed by atoms with Crippen molar-refractivity contribution in [1.29, 1.82) is 0 Å². The number of halogens is 2. The molecule has 0 spiro atoms. The van der Waals surface area contributed by atoms with Gasteiger partial charge in [0.05, 0.1) is 4.92 Å². The molecule has 29 heavy (non-hydrogen) atoms. The Morgan fingerprint density at radius 3 is 2.76 bits per heavy atom. The Balaban J connectivity index is 1.84. The van der Waals surface area contributed by atoms with E-state index < -0.39 is 4.92 Å². The predicted molar refractivity (Wildman–Crippen MR) is 113 cm³/mol. The monoisotopic (exact) mass is 436 g/mol. The number of nitro benzene ring substituents is 1. The molecule has 2 aromatic rings. The zero-order valence-corrected chi connectivity index (χ0v) is 17.3. The van der Waals surface area contributed by atoms with Crippen LogP contribution < -0.4 is 5.43 Å². The summed E-state index contributed by atoms with van der Waals surface area (Å²) in [6.07, 6.45) is 3.58. The van der Waals surface area contributed by atoms with Gasteiger partial charge in [0.15, 0.2) is 0 Å². The van der Waals surface area contributed by atoms with Crippen molar-refractivity contribution < 1.29 is 9.72 Å². The van der Waals surface area contributed by atoms with Crippen molar-refractivity contribution in [1.82, 2.24) is 15.6 Å². The Morgan fingerprint density at radius 2 is 2.00 bits per heavy atom. The molecule has 3 rings (SSSR count). The van der Waals surface area contributed by atoms with Crippen molar-refractivity contribution in [2.45, 2.75) is 25.7 Å². The lowest BCUT2D eigenvalue weighted by Crippen LogP contribution is -2.54. The first-order chi connectivity index (χ1) is 14.0. The van der Waals surface area contributed by atoms with Crippen molar-refractivity contribution in [3.05, 3.63) is 73.8 Å². The normalized spacial score (nSPS) is 15.0. The number of carbonyl (C=O) groups excluding carboxylic acids is 1. The number of hydrogen-bond acceptors (Lipinski definition) is 5. The molecule has 7 nitrogen and oxygen atoms in total. The van der Waals surface area contributed by atoms with E-state index in [2.05, 4.69) is 5.43 Å². The molecule has 0 radical (unpaired) electrons. The highest BCUT2D eigenvalue weighted by molar-refractivity contribution is 6.35. The molecule has 0 unspecified atom stereocenters. The Kier molecular flexibility index (Phi) is 7.44. The van der Waals surface area contributed by atoms with E-state index in [1.165, 1.54) is 18.2 Å². The summed E-state index contributed by atoms with van der Waals surface area (Å²) >= 11 is 12.3. The molecule has 9 heteroatoms. The highest BCUT2D eigenvalue weighted by Crippen LogP contribution is 2.23. The summed E-state index contributed by atoms with van der Waals surface area (Å²) in [7, 11) is 0. The molecular weight excluding hydrogens is 415 g/mol.